The van der Waals surface area contributed by atoms with E-state index in [0.717, 1.165) is 9.40 Å². The Morgan fingerprint density at radius 3 is 1.89 bits per heavy atom. The first-order chi connectivity index (χ1) is 9.28. The summed E-state index contributed by atoms with van der Waals surface area (Å²) in [7, 11) is 0. The van der Waals surface area contributed by atoms with Crippen LogP contribution < -0.4 is 4.06 Å². The fourth-order valence-electron chi connectivity index (χ4n) is 3.51. The van der Waals surface area contributed by atoms with Gasteiger partial charge < -0.3 is 0 Å². The normalized spacial score (nSPS) is 23.6. The summed E-state index contributed by atoms with van der Waals surface area (Å²) in [6.07, 6.45) is 5.95. The van der Waals surface area contributed by atoms with Gasteiger partial charge in [0.15, 0.2) is 0 Å². The molecule has 0 fully saturated rings. The monoisotopic (exact) mass is 282 g/mol. The van der Waals surface area contributed by atoms with Crippen molar-refractivity contribution in [3.63, 3.8) is 0 Å². The molecule has 0 spiro atoms. The zero-order chi connectivity index (χ0) is 12.6. The molecule has 2 unspecified atom stereocenters. The first kappa shape index (κ1) is 10.4. The van der Waals surface area contributed by atoms with Crippen LogP contribution in [-0.4, -0.2) is 0 Å². The molecule has 92 valence electrons. The number of rotatable bonds is 0. The van der Waals surface area contributed by atoms with E-state index < -0.39 is 0 Å². The van der Waals surface area contributed by atoms with E-state index >= 15 is 0 Å². The Hall–Kier alpha value is -1.45. The van der Waals surface area contributed by atoms with Crippen molar-refractivity contribution in [2.24, 2.45) is 0 Å². The van der Waals surface area contributed by atoms with Gasteiger partial charge in [0, 0.05) is 21.2 Å². The average molecular weight is 282 g/mol. The molecule has 3 aromatic rings. The Morgan fingerprint density at radius 1 is 0.842 bits per heavy atom. The van der Waals surface area contributed by atoms with Crippen molar-refractivity contribution in [3.8, 4) is 0 Å². The molecule has 0 saturated heterocycles. The highest BCUT2D eigenvalue weighted by Gasteiger charge is 2.32. The van der Waals surface area contributed by atoms with E-state index in [1.165, 1.54) is 51.0 Å². The SMILES string of the molecule is O=c1sc2cc3cc4c(cc3cc2s1)C1C=CC4C1. The highest BCUT2D eigenvalue weighted by atomic mass is 32.2. The molecule has 5 rings (SSSR count). The van der Waals surface area contributed by atoms with E-state index in [9.17, 15) is 4.79 Å². The average Bonchev–Trinajstić information content (AvgIpc) is 3.06. The summed E-state index contributed by atoms with van der Waals surface area (Å²) in [5.74, 6) is 1.25. The summed E-state index contributed by atoms with van der Waals surface area (Å²) >= 11 is 2.73. The maximum atomic E-state index is 11.5. The molecule has 1 nitrogen and oxygen atoms in total. The molecule has 19 heavy (non-hydrogen) atoms. The smallest absolute Gasteiger partial charge is 0.265 e. The zero-order valence-corrected chi connectivity index (χ0v) is 11.7. The molecule has 2 atom stereocenters. The third-order valence-corrected chi connectivity index (χ3v) is 6.45. The summed E-state index contributed by atoms with van der Waals surface area (Å²) < 4.78 is 2.45. The lowest BCUT2D eigenvalue weighted by atomic mass is 9.93. The second-order valence-electron chi connectivity index (χ2n) is 5.41. The van der Waals surface area contributed by atoms with Gasteiger partial charge in [0.2, 0.25) is 0 Å². The minimum atomic E-state index is 0.194. The maximum Gasteiger partial charge on any atom is 0.288 e. The number of fused-ring (bicyclic) bond motifs is 7. The van der Waals surface area contributed by atoms with Crippen LogP contribution in [0.3, 0.4) is 0 Å². The van der Waals surface area contributed by atoms with E-state index in [4.69, 9.17) is 0 Å². The molecule has 0 amide bonds. The van der Waals surface area contributed by atoms with Gasteiger partial charge in [-0.2, -0.15) is 0 Å². The Balaban J connectivity index is 1.90. The molecule has 0 aliphatic heterocycles. The lowest BCUT2D eigenvalue weighted by Crippen LogP contribution is -1.92. The first-order valence-corrected chi connectivity index (χ1v) is 8.11. The lowest BCUT2D eigenvalue weighted by Gasteiger charge is -2.12. The molecular formula is C16H10OS2. The molecule has 0 radical (unpaired) electrons. The molecule has 3 heteroatoms. The van der Waals surface area contributed by atoms with Crippen LogP contribution in [0, 0.1) is 0 Å². The van der Waals surface area contributed by atoms with Gasteiger partial charge in [-0.05, 0) is 40.5 Å². The molecule has 2 aliphatic carbocycles. The number of hydrogen-bond donors (Lipinski definition) is 0. The van der Waals surface area contributed by atoms with Gasteiger partial charge in [-0.15, -0.1) is 0 Å². The number of benzene rings is 2. The van der Waals surface area contributed by atoms with Crippen LogP contribution >= 0.6 is 22.7 Å². The summed E-state index contributed by atoms with van der Waals surface area (Å²) in [6, 6.07) is 9.05. The third-order valence-electron chi connectivity index (χ3n) is 4.37. The van der Waals surface area contributed by atoms with Crippen molar-refractivity contribution in [1.82, 2.24) is 0 Å². The lowest BCUT2D eigenvalue weighted by molar-refractivity contribution is 0.805. The van der Waals surface area contributed by atoms with Crippen molar-refractivity contribution in [2.75, 3.05) is 0 Å². The number of hydrogen-bond acceptors (Lipinski definition) is 3. The molecule has 2 aliphatic rings. The predicted molar refractivity (Wildman–Crippen MR) is 82.7 cm³/mol. The minimum Gasteiger partial charge on any atom is -0.265 e. The van der Waals surface area contributed by atoms with Crippen molar-refractivity contribution in [2.45, 2.75) is 18.3 Å². The van der Waals surface area contributed by atoms with Gasteiger partial charge in [0.25, 0.3) is 4.06 Å². The Bertz CT molecular complexity index is 857. The van der Waals surface area contributed by atoms with E-state index in [-0.39, 0.29) is 4.06 Å². The van der Waals surface area contributed by atoms with Crippen LogP contribution in [-0.2, 0) is 0 Å². The Kier molecular flexibility index (Phi) is 1.83. The second kappa shape index (κ2) is 3.35. The Labute approximate surface area is 117 Å². The standard InChI is InChI=1S/C16H10OS2/c17-16-18-14-6-10-4-12-8-1-2-9(3-8)13(12)5-11(10)7-15(14)19-16/h1-2,4-9H,3H2. The minimum absolute atomic E-state index is 0.194. The van der Waals surface area contributed by atoms with Gasteiger partial charge in [0.1, 0.15) is 0 Å². The van der Waals surface area contributed by atoms with Crippen molar-refractivity contribution < 1.29 is 0 Å². The van der Waals surface area contributed by atoms with E-state index in [0.29, 0.717) is 11.8 Å². The van der Waals surface area contributed by atoms with Crippen LogP contribution in [0.25, 0.3) is 20.2 Å². The second-order valence-corrected chi connectivity index (χ2v) is 7.70. The molecule has 2 bridgehead atoms. The molecule has 0 saturated carbocycles. The van der Waals surface area contributed by atoms with Crippen molar-refractivity contribution in [1.29, 1.82) is 0 Å². The van der Waals surface area contributed by atoms with Gasteiger partial charge in [-0.25, -0.2) is 0 Å². The zero-order valence-electron chi connectivity index (χ0n) is 10.1. The molecule has 0 N–H and O–H groups in total. The predicted octanol–water partition coefficient (Wildman–Crippen LogP) is 4.62. The van der Waals surface area contributed by atoms with Gasteiger partial charge in [-0.1, -0.05) is 47.0 Å². The summed E-state index contributed by atoms with van der Waals surface area (Å²) in [5.41, 5.74) is 3.00. The van der Waals surface area contributed by atoms with E-state index in [1.54, 1.807) is 0 Å². The summed E-state index contributed by atoms with van der Waals surface area (Å²) in [5, 5.41) is 2.56. The highest BCUT2D eigenvalue weighted by molar-refractivity contribution is 7.35. The Morgan fingerprint density at radius 2 is 1.37 bits per heavy atom. The van der Waals surface area contributed by atoms with Gasteiger partial charge in [-0.3, -0.25) is 4.79 Å². The summed E-state index contributed by atoms with van der Waals surface area (Å²) in [4.78, 5) is 11.5. The third kappa shape index (κ3) is 1.32. The van der Waals surface area contributed by atoms with Gasteiger partial charge >= 0.3 is 0 Å². The van der Waals surface area contributed by atoms with Gasteiger partial charge in [0.05, 0.1) is 0 Å². The van der Waals surface area contributed by atoms with Crippen LogP contribution in [0.2, 0.25) is 0 Å². The first-order valence-electron chi connectivity index (χ1n) is 6.47. The molecule has 1 aromatic heterocycles. The number of allylic oxidation sites excluding steroid dienone is 2. The highest BCUT2D eigenvalue weighted by Crippen LogP contribution is 2.49. The fraction of sp³-hybridized carbons (Fsp3) is 0.188. The van der Waals surface area contributed by atoms with Crippen molar-refractivity contribution >= 4 is 42.8 Å². The van der Waals surface area contributed by atoms with Crippen LogP contribution in [0.4, 0.5) is 0 Å². The topological polar surface area (TPSA) is 17.1 Å². The van der Waals surface area contributed by atoms with E-state index in [2.05, 4.69) is 36.4 Å². The quantitative estimate of drug-likeness (QED) is 0.550. The van der Waals surface area contributed by atoms with Crippen LogP contribution in [0.1, 0.15) is 29.4 Å². The largest absolute Gasteiger partial charge is 0.288 e. The van der Waals surface area contributed by atoms with Crippen molar-refractivity contribution in [3.05, 3.63) is 56.4 Å². The van der Waals surface area contributed by atoms with Crippen LogP contribution in [0.15, 0.2) is 41.2 Å². The fourth-order valence-corrected chi connectivity index (χ4v) is 5.51. The van der Waals surface area contributed by atoms with Crippen LogP contribution in [0.5, 0.6) is 0 Å². The molecule has 2 aromatic carbocycles. The van der Waals surface area contributed by atoms with E-state index in [1.807, 2.05) is 0 Å². The molecule has 1 heterocycles. The maximum absolute atomic E-state index is 11.5. The summed E-state index contributed by atoms with van der Waals surface area (Å²) in [6.45, 7) is 0. The molecular weight excluding hydrogens is 272 g/mol.